The van der Waals surface area contributed by atoms with Crippen molar-refractivity contribution >= 4 is 27.5 Å². The Labute approximate surface area is 108 Å². The molecule has 0 unspecified atom stereocenters. The molecule has 0 fully saturated rings. The third-order valence-electron chi connectivity index (χ3n) is 2.45. The molecule has 0 atom stereocenters. The Morgan fingerprint density at radius 2 is 2.19 bits per heavy atom. The van der Waals surface area contributed by atoms with Gasteiger partial charge in [0.05, 0.1) is 27.4 Å². The molecule has 0 aliphatic heterocycles. The molecule has 0 spiro atoms. The molecular weight excluding hydrogens is 289 g/mol. The summed E-state index contributed by atoms with van der Waals surface area (Å²) in [5, 5.41) is 4.47. The second-order valence-electron chi connectivity index (χ2n) is 3.53. The average molecular weight is 301 g/mol. The highest BCUT2D eigenvalue weighted by atomic mass is 79.9. The quantitative estimate of drug-likeness (QED) is 0.796. The van der Waals surface area contributed by atoms with Gasteiger partial charge in [-0.3, -0.25) is 4.98 Å². The van der Waals surface area contributed by atoms with Crippen molar-refractivity contribution in [2.24, 2.45) is 0 Å². The molecule has 0 N–H and O–H groups in total. The van der Waals surface area contributed by atoms with Crippen LogP contribution in [0.4, 0.5) is 0 Å². The van der Waals surface area contributed by atoms with Crippen molar-refractivity contribution in [1.29, 1.82) is 0 Å². The van der Waals surface area contributed by atoms with Gasteiger partial charge >= 0.3 is 0 Å². The SMILES string of the molecule is Cc1nn(-c2ccncc2CCl)c(C)c1Br. The number of aromatic nitrogens is 3. The summed E-state index contributed by atoms with van der Waals surface area (Å²) >= 11 is 9.40. The van der Waals surface area contributed by atoms with Gasteiger partial charge in [0.2, 0.25) is 0 Å². The first kappa shape index (κ1) is 11.6. The largest absolute Gasteiger partial charge is 0.264 e. The summed E-state index contributed by atoms with van der Waals surface area (Å²) in [6, 6.07) is 1.92. The van der Waals surface area contributed by atoms with Crippen LogP contribution in [0.25, 0.3) is 5.69 Å². The number of rotatable bonds is 2. The van der Waals surface area contributed by atoms with E-state index in [2.05, 4.69) is 26.0 Å². The number of hydrogen-bond acceptors (Lipinski definition) is 2. The van der Waals surface area contributed by atoms with Crippen LogP contribution >= 0.6 is 27.5 Å². The zero-order chi connectivity index (χ0) is 11.7. The minimum absolute atomic E-state index is 0.430. The summed E-state index contributed by atoms with van der Waals surface area (Å²) in [5.41, 5.74) is 3.99. The molecule has 3 nitrogen and oxygen atoms in total. The van der Waals surface area contributed by atoms with Crippen molar-refractivity contribution in [3.8, 4) is 5.69 Å². The summed E-state index contributed by atoms with van der Waals surface area (Å²) in [7, 11) is 0. The van der Waals surface area contributed by atoms with Crippen molar-refractivity contribution in [2.75, 3.05) is 0 Å². The Kier molecular flexibility index (Phi) is 3.30. The van der Waals surface area contributed by atoms with Gasteiger partial charge in [0, 0.05) is 18.0 Å². The van der Waals surface area contributed by atoms with Crippen LogP contribution in [-0.4, -0.2) is 14.8 Å². The molecule has 0 aliphatic carbocycles. The van der Waals surface area contributed by atoms with Gasteiger partial charge in [-0.2, -0.15) is 5.10 Å². The monoisotopic (exact) mass is 299 g/mol. The smallest absolute Gasteiger partial charge is 0.0743 e. The van der Waals surface area contributed by atoms with E-state index in [1.165, 1.54) is 0 Å². The molecule has 5 heteroatoms. The van der Waals surface area contributed by atoms with E-state index in [-0.39, 0.29) is 0 Å². The van der Waals surface area contributed by atoms with Crippen LogP contribution in [0.3, 0.4) is 0 Å². The number of halogens is 2. The minimum Gasteiger partial charge on any atom is -0.264 e. The predicted octanol–water partition coefficient (Wildman–Crippen LogP) is 3.39. The molecule has 16 heavy (non-hydrogen) atoms. The van der Waals surface area contributed by atoms with Gasteiger partial charge in [-0.05, 0) is 35.8 Å². The van der Waals surface area contributed by atoms with E-state index in [0.717, 1.165) is 27.1 Å². The van der Waals surface area contributed by atoms with Gasteiger partial charge in [0.1, 0.15) is 0 Å². The summed E-state index contributed by atoms with van der Waals surface area (Å²) < 4.78 is 2.92. The van der Waals surface area contributed by atoms with Gasteiger partial charge in [0.25, 0.3) is 0 Å². The molecule has 84 valence electrons. The number of alkyl halides is 1. The zero-order valence-electron chi connectivity index (χ0n) is 9.04. The lowest BCUT2D eigenvalue weighted by atomic mass is 10.2. The van der Waals surface area contributed by atoms with Crippen molar-refractivity contribution in [3.63, 3.8) is 0 Å². The third kappa shape index (κ3) is 1.87. The molecule has 0 aliphatic rings. The molecule has 2 aromatic heterocycles. The van der Waals surface area contributed by atoms with Gasteiger partial charge in [0.15, 0.2) is 0 Å². The zero-order valence-corrected chi connectivity index (χ0v) is 11.4. The molecule has 0 radical (unpaired) electrons. The Hall–Kier alpha value is -0.870. The first-order chi connectivity index (χ1) is 7.65. The first-order valence-electron chi connectivity index (χ1n) is 4.86. The molecule has 0 saturated carbocycles. The maximum atomic E-state index is 5.89. The van der Waals surface area contributed by atoms with Gasteiger partial charge in [-0.25, -0.2) is 4.68 Å². The van der Waals surface area contributed by atoms with Crippen LogP contribution in [0.5, 0.6) is 0 Å². The number of hydrogen-bond donors (Lipinski definition) is 0. The molecule has 0 bridgehead atoms. The van der Waals surface area contributed by atoms with E-state index >= 15 is 0 Å². The second kappa shape index (κ2) is 4.55. The van der Waals surface area contributed by atoms with Crippen LogP contribution in [0.1, 0.15) is 17.0 Å². The highest BCUT2D eigenvalue weighted by molar-refractivity contribution is 9.10. The van der Waals surface area contributed by atoms with Crippen molar-refractivity contribution < 1.29 is 0 Å². The van der Waals surface area contributed by atoms with Gasteiger partial charge in [-0.15, -0.1) is 11.6 Å². The molecule has 0 aromatic carbocycles. The molecule has 2 rings (SSSR count). The molecule has 0 saturated heterocycles. The first-order valence-corrected chi connectivity index (χ1v) is 6.19. The molecule has 2 aromatic rings. The van der Waals surface area contributed by atoms with Gasteiger partial charge < -0.3 is 0 Å². The lowest BCUT2D eigenvalue weighted by Crippen LogP contribution is -2.03. The average Bonchev–Trinajstić information content (AvgIpc) is 2.57. The van der Waals surface area contributed by atoms with Crippen LogP contribution in [0.2, 0.25) is 0 Å². The Balaban J connectivity index is 2.63. The summed E-state index contributed by atoms with van der Waals surface area (Å²) in [6.45, 7) is 3.98. The lowest BCUT2D eigenvalue weighted by molar-refractivity contribution is 0.823. The predicted molar refractivity (Wildman–Crippen MR) is 68.1 cm³/mol. The maximum absolute atomic E-state index is 5.89. The number of aryl methyl sites for hydroxylation is 1. The standard InChI is InChI=1S/C11H11BrClN3/c1-7-11(12)8(2)16(15-7)10-3-4-14-6-9(10)5-13/h3-4,6H,5H2,1-2H3. The fourth-order valence-electron chi connectivity index (χ4n) is 1.59. The van der Waals surface area contributed by atoms with E-state index in [0.29, 0.717) is 5.88 Å². The van der Waals surface area contributed by atoms with Crippen LogP contribution in [-0.2, 0) is 5.88 Å². The fourth-order valence-corrected chi connectivity index (χ4v) is 2.04. The van der Waals surface area contributed by atoms with E-state index < -0.39 is 0 Å². The fraction of sp³-hybridized carbons (Fsp3) is 0.273. The molecule has 0 amide bonds. The Morgan fingerprint density at radius 3 is 2.75 bits per heavy atom. The van der Waals surface area contributed by atoms with Crippen LogP contribution in [0, 0.1) is 13.8 Å². The van der Waals surface area contributed by atoms with E-state index in [4.69, 9.17) is 11.6 Å². The van der Waals surface area contributed by atoms with Crippen molar-refractivity contribution in [1.82, 2.24) is 14.8 Å². The minimum atomic E-state index is 0.430. The highest BCUT2D eigenvalue weighted by Gasteiger charge is 2.12. The molecule has 2 heterocycles. The Bertz CT molecular complexity index is 522. The molecular formula is C11H11BrClN3. The van der Waals surface area contributed by atoms with Crippen LogP contribution < -0.4 is 0 Å². The van der Waals surface area contributed by atoms with E-state index in [9.17, 15) is 0 Å². The summed E-state index contributed by atoms with van der Waals surface area (Å²) in [4.78, 5) is 4.06. The van der Waals surface area contributed by atoms with E-state index in [1.807, 2.05) is 24.6 Å². The van der Waals surface area contributed by atoms with Crippen molar-refractivity contribution in [2.45, 2.75) is 19.7 Å². The Morgan fingerprint density at radius 1 is 1.44 bits per heavy atom. The van der Waals surface area contributed by atoms with E-state index in [1.54, 1.807) is 12.4 Å². The number of nitrogens with zero attached hydrogens (tertiary/aromatic N) is 3. The third-order valence-corrected chi connectivity index (χ3v) is 3.89. The topological polar surface area (TPSA) is 30.7 Å². The highest BCUT2D eigenvalue weighted by Crippen LogP contribution is 2.24. The van der Waals surface area contributed by atoms with Crippen LogP contribution in [0.15, 0.2) is 22.9 Å². The summed E-state index contributed by atoms with van der Waals surface area (Å²) in [5.74, 6) is 0.430. The van der Waals surface area contributed by atoms with Crippen molar-refractivity contribution in [3.05, 3.63) is 39.9 Å². The van der Waals surface area contributed by atoms with Gasteiger partial charge in [-0.1, -0.05) is 0 Å². The summed E-state index contributed by atoms with van der Waals surface area (Å²) in [6.07, 6.45) is 3.52. The normalized spacial score (nSPS) is 10.8. The second-order valence-corrected chi connectivity index (χ2v) is 4.59. The lowest BCUT2D eigenvalue weighted by Gasteiger charge is -2.08. The maximum Gasteiger partial charge on any atom is 0.0743 e. The number of pyridine rings is 1.